The zero-order chi connectivity index (χ0) is 21.5. The van der Waals surface area contributed by atoms with Crippen molar-refractivity contribution in [1.29, 1.82) is 0 Å². The highest BCUT2D eigenvalue weighted by Gasteiger charge is 2.39. The van der Waals surface area contributed by atoms with E-state index in [9.17, 15) is 4.79 Å². The molecule has 0 radical (unpaired) electrons. The van der Waals surface area contributed by atoms with Crippen LogP contribution in [0.5, 0.6) is 0 Å². The van der Waals surface area contributed by atoms with Gasteiger partial charge in [0, 0.05) is 29.9 Å². The quantitative estimate of drug-likeness (QED) is 0.427. The van der Waals surface area contributed by atoms with E-state index < -0.39 is 0 Å². The summed E-state index contributed by atoms with van der Waals surface area (Å²) >= 11 is 6.74. The van der Waals surface area contributed by atoms with Crippen molar-refractivity contribution in [1.82, 2.24) is 4.90 Å². The van der Waals surface area contributed by atoms with Gasteiger partial charge < -0.3 is 4.90 Å². The summed E-state index contributed by atoms with van der Waals surface area (Å²) in [5.41, 5.74) is 6.04. The topological polar surface area (TPSA) is 23.6 Å². The summed E-state index contributed by atoms with van der Waals surface area (Å²) in [6, 6.07) is 17.2. The number of hydrogen-bond acceptors (Lipinski definition) is 4. The molecule has 154 valence electrons. The van der Waals surface area contributed by atoms with Crippen LogP contribution in [0, 0.1) is 0 Å². The number of hydrogen-bond donors (Lipinski definition) is 0. The Morgan fingerprint density at radius 3 is 2.30 bits per heavy atom. The van der Waals surface area contributed by atoms with Gasteiger partial charge in [0.25, 0.3) is 5.91 Å². The molecule has 4 rings (SSSR count). The summed E-state index contributed by atoms with van der Waals surface area (Å²) in [5.74, 6) is 0.00656. The van der Waals surface area contributed by atoms with Crippen LogP contribution in [0.25, 0.3) is 11.1 Å². The Morgan fingerprint density at radius 1 is 0.967 bits per heavy atom. The van der Waals surface area contributed by atoms with E-state index in [-0.39, 0.29) is 11.3 Å². The molecule has 1 amide bonds. The van der Waals surface area contributed by atoms with Crippen LogP contribution in [0.3, 0.4) is 0 Å². The number of benzene rings is 2. The van der Waals surface area contributed by atoms with Gasteiger partial charge in [-0.25, -0.2) is 0 Å². The van der Waals surface area contributed by atoms with Crippen LogP contribution in [0.15, 0.2) is 71.3 Å². The maximum absolute atomic E-state index is 12.6. The SMILES string of the molecule is CCN1C(=O)/C(=C/C=C2/N(CC)c3ccc(-c4ccccc4)cc3C2(C)C)SC1=S. The number of thioether (sulfide) groups is 1. The normalized spacial score (nSPS) is 20.5. The molecule has 1 fully saturated rings. The Morgan fingerprint density at radius 2 is 1.67 bits per heavy atom. The molecule has 1 saturated heterocycles. The van der Waals surface area contributed by atoms with Gasteiger partial charge in [-0.3, -0.25) is 9.69 Å². The molecule has 2 aliphatic rings. The Hall–Kier alpha value is -2.37. The lowest BCUT2D eigenvalue weighted by molar-refractivity contribution is -0.122. The van der Waals surface area contributed by atoms with Gasteiger partial charge in [-0.1, -0.05) is 74.2 Å². The lowest BCUT2D eigenvalue weighted by Crippen LogP contribution is -2.27. The molecule has 0 saturated carbocycles. The zero-order valence-corrected chi connectivity index (χ0v) is 19.4. The molecule has 0 bridgehead atoms. The molecule has 3 nitrogen and oxygen atoms in total. The summed E-state index contributed by atoms with van der Waals surface area (Å²) in [6.07, 6.45) is 4.05. The third-order valence-electron chi connectivity index (χ3n) is 5.90. The van der Waals surface area contributed by atoms with Crippen molar-refractivity contribution in [3.05, 3.63) is 76.8 Å². The van der Waals surface area contributed by atoms with Crippen molar-refractivity contribution in [3.8, 4) is 11.1 Å². The Kier molecular flexibility index (Phi) is 5.60. The summed E-state index contributed by atoms with van der Waals surface area (Å²) in [4.78, 5) is 17.3. The van der Waals surface area contributed by atoms with Gasteiger partial charge in [-0.2, -0.15) is 0 Å². The molecule has 0 spiro atoms. The van der Waals surface area contributed by atoms with Crippen LogP contribution in [0.1, 0.15) is 33.3 Å². The van der Waals surface area contributed by atoms with Crippen molar-refractivity contribution >= 4 is 39.9 Å². The average Bonchev–Trinajstić information content (AvgIpc) is 3.15. The first-order valence-corrected chi connectivity index (χ1v) is 11.5. The number of anilines is 1. The number of carbonyl (C=O) groups is 1. The Bertz CT molecular complexity index is 1070. The predicted octanol–water partition coefficient (Wildman–Crippen LogP) is 6.12. The lowest BCUT2D eigenvalue weighted by Gasteiger charge is -2.25. The molecule has 2 aromatic carbocycles. The standard InChI is InChI=1S/C25H26N2OS2/c1-5-26-20-13-12-18(17-10-8-7-9-11-17)16-19(20)25(3,4)22(26)15-14-21-23(28)27(6-2)24(29)30-21/h7-16H,5-6H2,1-4H3/b21-14-,22-15+. The number of thiocarbonyl (C=S) groups is 1. The molecule has 5 heteroatoms. The number of allylic oxidation sites excluding steroid dienone is 3. The van der Waals surface area contributed by atoms with Crippen LogP contribution in [-0.4, -0.2) is 28.2 Å². The van der Waals surface area contributed by atoms with Gasteiger partial charge in [0.1, 0.15) is 4.32 Å². The summed E-state index contributed by atoms with van der Waals surface area (Å²) in [5, 5.41) is 0. The fourth-order valence-corrected chi connectivity index (χ4v) is 5.59. The number of carbonyl (C=O) groups excluding carboxylic acids is 1. The highest BCUT2D eigenvalue weighted by molar-refractivity contribution is 8.26. The minimum Gasteiger partial charge on any atom is -0.344 e. The number of amides is 1. The minimum atomic E-state index is -0.162. The Balaban J connectivity index is 1.75. The fourth-order valence-electron chi connectivity index (χ4n) is 4.27. The summed E-state index contributed by atoms with van der Waals surface area (Å²) < 4.78 is 0.640. The van der Waals surface area contributed by atoms with Crippen molar-refractivity contribution < 1.29 is 4.79 Å². The molecule has 0 aliphatic carbocycles. The van der Waals surface area contributed by atoms with Gasteiger partial charge >= 0.3 is 0 Å². The molecule has 0 atom stereocenters. The molecule has 2 aliphatic heterocycles. The molecule has 2 heterocycles. The number of rotatable bonds is 4. The van der Waals surface area contributed by atoms with E-state index in [1.807, 2.05) is 19.1 Å². The second-order valence-corrected chi connectivity index (χ2v) is 9.64. The van der Waals surface area contributed by atoms with Gasteiger partial charge in [-0.05, 0) is 54.8 Å². The average molecular weight is 435 g/mol. The second-order valence-electron chi connectivity index (χ2n) is 7.97. The maximum Gasteiger partial charge on any atom is 0.266 e. The van der Waals surface area contributed by atoms with Gasteiger partial charge in [-0.15, -0.1) is 0 Å². The summed E-state index contributed by atoms with van der Waals surface area (Å²) in [7, 11) is 0. The fraction of sp³-hybridized carbons (Fsp3) is 0.280. The Labute approximate surface area is 188 Å². The van der Waals surface area contributed by atoms with Gasteiger partial charge in [0.05, 0.1) is 4.91 Å². The highest BCUT2D eigenvalue weighted by atomic mass is 32.2. The number of fused-ring (bicyclic) bond motifs is 1. The van der Waals surface area contributed by atoms with Crippen LogP contribution in [0.4, 0.5) is 5.69 Å². The van der Waals surface area contributed by atoms with Crippen LogP contribution >= 0.6 is 24.0 Å². The van der Waals surface area contributed by atoms with Crippen molar-refractivity contribution in [2.45, 2.75) is 33.1 Å². The number of likely N-dealkylation sites (N-methyl/N-ethyl adjacent to an activating group) is 2. The monoisotopic (exact) mass is 434 g/mol. The van der Waals surface area contributed by atoms with E-state index >= 15 is 0 Å². The first-order chi connectivity index (χ1) is 14.4. The van der Waals surface area contributed by atoms with E-state index in [1.165, 1.54) is 39.8 Å². The van der Waals surface area contributed by atoms with Crippen LogP contribution in [0.2, 0.25) is 0 Å². The molecule has 2 aromatic rings. The van der Waals surface area contributed by atoms with Gasteiger partial charge in [0.15, 0.2) is 0 Å². The molecule has 0 unspecified atom stereocenters. The third kappa shape index (κ3) is 3.40. The van der Waals surface area contributed by atoms with E-state index in [4.69, 9.17) is 12.2 Å². The predicted molar refractivity (Wildman–Crippen MR) is 132 cm³/mol. The van der Waals surface area contributed by atoms with Crippen LogP contribution < -0.4 is 4.90 Å². The number of nitrogens with zero attached hydrogens (tertiary/aromatic N) is 2. The zero-order valence-electron chi connectivity index (χ0n) is 17.8. The molecule has 0 N–H and O–H groups in total. The molecule has 0 aromatic heterocycles. The first-order valence-electron chi connectivity index (χ1n) is 10.3. The lowest BCUT2D eigenvalue weighted by atomic mass is 9.82. The third-order valence-corrected chi connectivity index (χ3v) is 7.29. The smallest absolute Gasteiger partial charge is 0.266 e. The van der Waals surface area contributed by atoms with Crippen molar-refractivity contribution in [2.75, 3.05) is 18.0 Å². The van der Waals surface area contributed by atoms with Crippen molar-refractivity contribution in [3.63, 3.8) is 0 Å². The van der Waals surface area contributed by atoms with E-state index in [2.05, 4.69) is 74.2 Å². The van der Waals surface area contributed by atoms with E-state index in [0.29, 0.717) is 15.8 Å². The summed E-state index contributed by atoms with van der Waals surface area (Å²) in [6.45, 7) is 10.1. The maximum atomic E-state index is 12.6. The van der Waals surface area contributed by atoms with Crippen LogP contribution in [-0.2, 0) is 10.2 Å². The van der Waals surface area contributed by atoms with Gasteiger partial charge in [0.2, 0.25) is 0 Å². The van der Waals surface area contributed by atoms with E-state index in [0.717, 1.165) is 6.54 Å². The molecular formula is C25H26N2OS2. The second kappa shape index (κ2) is 8.05. The largest absolute Gasteiger partial charge is 0.344 e. The molecular weight excluding hydrogens is 408 g/mol. The highest BCUT2D eigenvalue weighted by Crippen LogP contribution is 2.49. The van der Waals surface area contributed by atoms with E-state index in [1.54, 1.807) is 4.90 Å². The van der Waals surface area contributed by atoms with Crippen molar-refractivity contribution in [2.24, 2.45) is 0 Å². The minimum absolute atomic E-state index is 0.00656. The first kappa shape index (κ1) is 20.9. The molecule has 30 heavy (non-hydrogen) atoms.